The largest absolute Gasteiger partial charge is 0.507 e. The highest BCUT2D eigenvalue weighted by atomic mass is 19.2. The molecule has 0 spiro atoms. The zero-order valence-electron chi connectivity index (χ0n) is 8.85. The fourth-order valence-electron chi connectivity index (χ4n) is 1.57. The van der Waals surface area contributed by atoms with Crippen molar-refractivity contribution in [2.75, 3.05) is 0 Å². The zero-order chi connectivity index (χ0) is 13.4. The molecule has 0 heterocycles. The minimum Gasteiger partial charge on any atom is -0.507 e. The number of hydrogen-bond donors (Lipinski definition) is 4. The first-order valence-corrected chi connectivity index (χ1v) is 4.84. The van der Waals surface area contributed by atoms with Crippen molar-refractivity contribution in [3.63, 3.8) is 0 Å². The number of hydrogen-bond acceptors (Lipinski definition) is 4. The third-order valence-corrected chi connectivity index (χ3v) is 2.47. The van der Waals surface area contributed by atoms with E-state index in [9.17, 15) is 24.1 Å². The number of phenols is 4. The SMILES string of the molecule is Oc1ccc(O)c(-c2ccc(O)c(F)c2F)c1O. The van der Waals surface area contributed by atoms with E-state index in [0.717, 1.165) is 24.3 Å². The molecule has 0 radical (unpaired) electrons. The van der Waals surface area contributed by atoms with Crippen LogP contribution in [0.4, 0.5) is 8.78 Å². The Bertz CT molecular complexity index is 626. The number of aromatic hydroxyl groups is 4. The van der Waals surface area contributed by atoms with Crippen molar-refractivity contribution in [1.82, 2.24) is 0 Å². The average Bonchev–Trinajstić information content (AvgIpc) is 2.34. The fraction of sp³-hybridized carbons (Fsp3) is 0. The van der Waals surface area contributed by atoms with Gasteiger partial charge in [0.1, 0.15) is 5.75 Å². The van der Waals surface area contributed by atoms with Crippen LogP contribution in [0, 0.1) is 11.6 Å². The molecule has 0 fully saturated rings. The molecule has 18 heavy (non-hydrogen) atoms. The first-order valence-electron chi connectivity index (χ1n) is 4.84. The third-order valence-electron chi connectivity index (χ3n) is 2.47. The van der Waals surface area contributed by atoms with Gasteiger partial charge in [-0.1, -0.05) is 0 Å². The smallest absolute Gasteiger partial charge is 0.200 e. The maximum atomic E-state index is 13.6. The normalized spacial score (nSPS) is 10.6. The summed E-state index contributed by atoms with van der Waals surface area (Å²) in [4.78, 5) is 0. The quantitative estimate of drug-likeness (QED) is 0.465. The zero-order valence-corrected chi connectivity index (χ0v) is 8.85. The van der Waals surface area contributed by atoms with E-state index in [1.54, 1.807) is 0 Å². The Morgan fingerprint density at radius 2 is 1.22 bits per heavy atom. The molecular weight excluding hydrogens is 246 g/mol. The minimum absolute atomic E-state index is 0.452. The molecule has 2 aromatic carbocycles. The van der Waals surface area contributed by atoms with E-state index in [-0.39, 0.29) is 0 Å². The van der Waals surface area contributed by atoms with E-state index in [0.29, 0.717) is 0 Å². The van der Waals surface area contributed by atoms with Crippen molar-refractivity contribution in [2.45, 2.75) is 0 Å². The van der Waals surface area contributed by atoms with E-state index < -0.39 is 45.8 Å². The van der Waals surface area contributed by atoms with Gasteiger partial charge in [-0.3, -0.25) is 0 Å². The van der Waals surface area contributed by atoms with Crippen molar-refractivity contribution >= 4 is 0 Å². The Kier molecular flexibility index (Phi) is 2.70. The molecule has 0 bridgehead atoms. The first kappa shape index (κ1) is 12.0. The Labute approximate surface area is 100.0 Å². The predicted octanol–water partition coefficient (Wildman–Crippen LogP) is 2.45. The van der Waals surface area contributed by atoms with E-state index in [4.69, 9.17) is 5.11 Å². The van der Waals surface area contributed by atoms with Gasteiger partial charge in [-0.2, -0.15) is 4.39 Å². The van der Waals surface area contributed by atoms with Crippen molar-refractivity contribution in [3.8, 4) is 34.1 Å². The Hall–Kier alpha value is -2.50. The molecule has 2 aromatic rings. The molecule has 4 N–H and O–H groups in total. The Morgan fingerprint density at radius 3 is 1.89 bits per heavy atom. The second-order valence-corrected chi connectivity index (χ2v) is 3.59. The lowest BCUT2D eigenvalue weighted by molar-refractivity contribution is 0.396. The molecule has 0 aromatic heterocycles. The van der Waals surface area contributed by atoms with Gasteiger partial charge in [-0.25, -0.2) is 4.39 Å². The van der Waals surface area contributed by atoms with Crippen LogP contribution >= 0.6 is 0 Å². The minimum atomic E-state index is -1.50. The third kappa shape index (κ3) is 1.67. The Balaban J connectivity index is 2.78. The van der Waals surface area contributed by atoms with Crippen LogP contribution in [0.3, 0.4) is 0 Å². The van der Waals surface area contributed by atoms with Gasteiger partial charge in [0.05, 0.1) is 5.56 Å². The van der Waals surface area contributed by atoms with Crippen molar-refractivity contribution < 1.29 is 29.2 Å². The molecule has 0 aliphatic heterocycles. The van der Waals surface area contributed by atoms with Crippen molar-refractivity contribution in [3.05, 3.63) is 35.9 Å². The summed E-state index contributed by atoms with van der Waals surface area (Å²) in [5, 5.41) is 37.3. The van der Waals surface area contributed by atoms with Crippen LogP contribution in [0.15, 0.2) is 24.3 Å². The monoisotopic (exact) mass is 254 g/mol. The second-order valence-electron chi connectivity index (χ2n) is 3.59. The molecular formula is C12H8F2O4. The Morgan fingerprint density at radius 1 is 0.667 bits per heavy atom. The standard InChI is InChI=1S/C12H8F2O4/c13-10-5(1-2-7(16)11(10)14)9-6(15)3-4-8(17)12(9)18/h1-4,15-18H. The van der Waals surface area contributed by atoms with Crippen LogP contribution in [0.25, 0.3) is 11.1 Å². The molecule has 0 saturated heterocycles. The van der Waals surface area contributed by atoms with E-state index in [2.05, 4.69) is 0 Å². The lowest BCUT2D eigenvalue weighted by atomic mass is 10.0. The van der Waals surface area contributed by atoms with Crippen LogP contribution in [-0.4, -0.2) is 20.4 Å². The van der Waals surface area contributed by atoms with Gasteiger partial charge in [-0.15, -0.1) is 0 Å². The fourth-order valence-corrected chi connectivity index (χ4v) is 1.57. The molecule has 0 atom stereocenters. The van der Waals surface area contributed by atoms with Gasteiger partial charge in [0.25, 0.3) is 0 Å². The average molecular weight is 254 g/mol. The molecule has 2 rings (SSSR count). The first-order chi connectivity index (χ1) is 8.43. The van der Waals surface area contributed by atoms with Gasteiger partial charge in [-0.05, 0) is 24.3 Å². The summed E-state index contributed by atoms with van der Waals surface area (Å²) in [5.74, 6) is -5.74. The van der Waals surface area contributed by atoms with E-state index in [1.807, 2.05) is 0 Å². The molecule has 6 heteroatoms. The molecule has 94 valence electrons. The maximum absolute atomic E-state index is 13.6. The number of halogens is 2. The lowest BCUT2D eigenvalue weighted by Gasteiger charge is -2.10. The molecule has 0 saturated carbocycles. The number of rotatable bonds is 1. The van der Waals surface area contributed by atoms with Crippen molar-refractivity contribution in [2.24, 2.45) is 0 Å². The van der Waals surface area contributed by atoms with Gasteiger partial charge in [0.15, 0.2) is 23.1 Å². The summed E-state index contributed by atoms with van der Waals surface area (Å²) < 4.78 is 26.8. The van der Waals surface area contributed by atoms with E-state index in [1.165, 1.54) is 0 Å². The molecule has 0 amide bonds. The summed E-state index contributed by atoms with van der Waals surface area (Å²) in [7, 11) is 0. The highest BCUT2D eigenvalue weighted by Gasteiger charge is 2.21. The molecule has 0 aliphatic carbocycles. The van der Waals surface area contributed by atoms with Gasteiger partial charge < -0.3 is 20.4 Å². The molecule has 0 aliphatic rings. The summed E-state index contributed by atoms with van der Waals surface area (Å²) in [6.45, 7) is 0. The summed E-state index contributed by atoms with van der Waals surface area (Å²) in [6.07, 6.45) is 0. The highest BCUT2D eigenvalue weighted by molar-refractivity contribution is 5.79. The summed E-state index contributed by atoms with van der Waals surface area (Å²) in [5.41, 5.74) is -0.928. The van der Waals surface area contributed by atoms with Crippen molar-refractivity contribution in [1.29, 1.82) is 0 Å². The van der Waals surface area contributed by atoms with Gasteiger partial charge >= 0.3 is 0 Å². The molecule has 0 unspecified atom stereocenters. The predicted molar refractivity (Wildman–Crippen MR) is 58.5 cm³/mol. The summed E-state index contributed by atoms with van der Waals surface area (Å²) >= 11 is 0. The van der Waals surface area contributed by atoms with E-state index >= 15 is 0 Å². The second kappa shape index (κ2) is 4.06. The number of benzene rings is 2. The van der Waals surface area contributed by atoms with Crippen LogP contribution in [0.1, 0.15) is 0 Å². The summed E-state index contributed by atoms with van der Waals surface area (Å²) in [6, 6.07) is 3.87. The van der Waals surface area contributed by atoms with Crippen LogP contribution in [-0.2, 0) is 0 Å². The van der Waals surface area contributed by atoms with Crippen LogP contribution < -0.4 is 0 Å². The maximum Gasteiger partial charge on any atom is 0.200 e. The topological polar surface area (TPSA) is 80.9 Å². The van der Waals surface area contributed by atoms with Crippen LogP contribution in [0.5, 0.6) is 23.0 Å². The van der Waals surface area contributed by atoms with Gasteiger partial charge in [0.2, 0.25) is 5.82 Å². The number of phenolic OH excluding ortho intramolecular Hbond substituents is 4. The van der Waals surface area contributed by atoms with Crippen LogP contribution in [0.2, 0.25) is 0 Å². The van der Waals surface area contributed by atoms with Gasteiger partial charge in [0, 0.05) is 5.56 Å². The molecule has 4 nitrogen and oxygen atoms in total. The highest BCUT2D eigenvalue weighted by Crippen LogP contribution is 2.44. The lowest BCUT2D eigenvalue weighted by Crippen LogP contribution is -1.91.